The Labute approximate surface area is 138 Å². The van der Waals surface area contributed by atoms with Crippen molar-refractivity contribution in [2.75, 3.05) is 7.11 Å². The first kappa shape index (κ1) is 16.0. The monoisotopic (exact) mass is 413 g/mol. The van der Waals surface area contributed by atoms with Crippen molar-refractivity contribution in [2.24, 2.45) is 7.05 Å². The maximum absolute atomic E-state index is 12.2. The molecular weight excluding hydrogens is 402 g/mol. The molecule has 0 aliphatic carbocycles. The molecule has 0 atom stereocenters. The second-order valence-electron chi connectivity index (χ2n) is 4.57. The van der Waals surface area contributed by atoms with Crippen molar-refractivity contribution in [3.05, 3.63) is 71.1 Å². The first-order valence-corrected chi connectivity index (χ1v) is 7.72. The Morgan fingerprint density at radius 1 is 1.14 bits per heavy atom. The van der Waals surface area contributed by atoms with Crippen molar-refractivity contribution in [1.29, 1.82) is 0 Å². The Morgan fingerprint density at radius 2 is 1.76 bits per heavy atom. The summed E-state index contributed by atoms with van der Waals surface area (Å²) in [4.78, 5) is 23.8. The smallest absolute Gasteiger partial charge is 0.253 e. The van der Waals surface area contributed by atoms with Crippen LogP contribution >= 0.6 is 31.9 Å². The van der Waals surface area contributed by atoms with Gasteiger partial charge in [0.15, 0.2) is 5.43 Å². The zero-order chi connectivity index (χ0) is 15.6. The average Bonchev–Trinajstić information content (AvgIpc) is 2.53. The maximum Gasteiger partial charge on any atom is 0.253 e. The Kier molecular flexibility index (Phi) is 5.00. The molecule has 0 aliphatic rings. The molecule has 0 unspecified atom stereocenters. The van der Waals surface area contributed by atoms with Crippen LogP contribution in [0.3, 0.4) is 0 Å². The van der Waals surface area contributed by atoms with E-state index in [-0.39, 0.29) is 11.0 Å². The van der Waals surface area contributed by atoms with E-state index in [1.807, 2.05) is 12.1 Å². The maximum atomic E-state index is 12.2. The molecule has 0 aliphatic heterocycles. The number of methoxy groups -OCH3 is 1. The number of ether oxygens (including phenoxy) is 1. The third kappa shape index (κ3) is 3.63. The zero-order valence-corrected chi connectivity index (χ0v) is 14.7. The molecule has 6 heteroatoms. The highest BCUT2D eigenvalue weighted by Gasteiger charge is 2.10. The third-order valence-corrected chi connectivity index (χ3v) is 4.21. The molecule has 0 radical (unpaired) electrons. The van der Waals surface area contributed by atoms with Crippen LogP contribution in [0, 0.1) is 0 Å². The Bertz CT molecular complexity index is 777. The molecule has 0 bridgehead atoms. The predicted molar refractivity (Wildman–Crippen MR) is 89.2 cm³/mol. The van der Waals surface area contributed by atoms with Crippen LogP contribution < -0.4 is 15.7 Å². The van der Waals surface area contributed by atoms with Gasteiger partial charge < -0.3 is 9.30 Å². The van der Waals surface area contributed by atoms with Gasteiger partial charge >= 0.3 is 0 Å². The van der Waals surface area contributed by atoms with Crippen LogP contribution in [0.25, 0.3) is 0 Å². The lowest BCUT2D eigenvalue weighted by molar-refractivity contribution is 0.409. The fourth-order valence-electron chi connectivity index (χ4n) is 2.02. The van der Waals surface area contributed by atoms with Crippen molar-refractivity contribution in [2.45, 2.75) is 6.42 Å². The highest BCUT2D eigenvalue weighted by atomic mass is 79.9. The van der Waals surface area contributed by atoms with Crippen LogP contribution in [0.1, 0.15) is 11.1 Å². The van der Waals surface area contributed by atoms with Crippen LogP contribution in [-0.2, 0) is 13.5 Å². The van der Waals surface area contributed by atoms with E-state index < -0.39 is 0 Å². The van der Waals surface area contributed by atoms with Gasteiger partial charge in [-0.2, -0.15) is 0 Å². The summed E-state index contributed by atoms with van der Waals surface area (Å²) < 4.78 is 8.23. The summed E-state index contributed by atoms with van der Waals surface area (Å²) in [5, 5.41) is 0. The second kappa shape index (κ2) is 6.58. The first-order valence-electron chi connectivity index (χ1n) is 6.14. The van der Waals surface area contributed by atoms with Crippen LogP contribution in [0.15, 0.2) is 49.0 Å². The molecule has 4 nitrogen and oxygen atoms in total. The lowest BCUT2D eigenvalue weighted by Crippen LogP contribution is -2.18. The molecular formula is C15H13Br2NO3. The Balaban J connectivity index is 2.52. The van der Waals surface area contributed by atoms with E-state index in [1.54, 1.807) is 14.2 Å². The summed E-state index contributed by atoms with van der Waals surface area (Å²) in [7, 11) is 3.21. The van der Waals surface area contributed by atoms with Crippen LogP contribution in [-0.4, -0.2) is 11.7 Å². The highest BCUT2D eigenvalue weighted by Crippen LogP contribution is 2.34. The van der Waals surface area contributed by atoms with Crippen molar-refractivity contribution in [3.8, 4) is 5.75 Å². The summed E-state index contributed by atoms with van der Waals surface area (Å²) in [6.07, 6.45) is 1.85. The van der Waals surface area contributed by atoms with E-state index in [1.165, 1.54) is 22.9 Å². The predicted octanol–water partition coefficient (Wildman–Crippen LogP) is 2.87. The van der Waals surface area contributed by atoms with E-state index in [2.05, 4.69) is 31.9 Å². The average molecular weight is 415 g/mol. The van der Waals surface area contributed by atoms with E-state index >= 15 is 0 Å². The molecule has 0 amide bonds. The highest BCUT2D eigenvalue weighted by molar-refractivity contribution is 9.11. The molecule has 0 spiro atoms. The summed E-state index contributed by atoms with van der Waals surface area (Å²) >= 11 is 6.86. The largest absolute Gasteiger partial charge is 0.494 e. The first-order chi connectivity index (χ1) is 9.92. The quantitative estimate of drug-likeness (QED) is 0.775. The number of hydrogen-bond donors (Lipinski definition) is 0. The molecule has 0 saturated carbocycles. The minimum absolute atomic E-state index is 0.180. The molecule has 0 fully saturated rings. The van der Waals surface area contributed by atoms with Gasteiger partial charge in [0.1, 0.15) is 5.75 Å². The van der Waals surface area contributed by atoms with E-state index in [0.29, 0.717) is 17.7 Å². The third-order valence-electron chi connectivity index (χ3n) is 3.03. The zero-order valence-electron chi connectivity index (χ0n) is 11.5. The van der Waals surface area contributed by atoms with Crippen molar-refractivity contribution in [1.82, 2.24) is 4.57 Å². The molecule has 2 aromatic rings. The Hall–Kier alpha value is -1.40. The van der Waals surface area contributed by atoms with E-state index in [4.69, 9.17) is 4.74 Å². The molecule has 21 heavy (non-hydrogen) atoms. The van der Waals surface area contributed by atoms with E-state index in [0.717, 1.165) is 14.5 Å². The molecule has 0 N–H and O–H groups in total. The molecule has 110 valence electrons. The number of benzene rings is 1. The number of halogens is 2. The lowest BCUT2D eigenvalue weighted by atomic mass is 10.1. The van der Waals surface area contributed by atoms with Gasteiger partial charge in [0.25, 0.3) is 5.56 Å². The van der Waals surface area contributed by atoms with Crippen molar-refractivity contribution >= 4 is 31.9 Å². The molecule has 0 saturated heterocycles. The molecule has 1 heterocycles. The van der Waals surface area contributed by atoms with Crippen LogP contribution in [0.5, 0.6) is 5.75 Å². The molecule has 1 aromatic heterocycles. The summed E-state index contributed by atoms with van der Waals surface area (Å²) in [5.41, 5.74) is 0.989. The standard InChI is InChI=1S/C15H13Br2NO3/c1-18-4-3-11(19)8-10(15(18)20)5-9-6-12(16)14(21-2)13(17)7-9/h3-4,6-8H,5H2,1-2H3. The lowest BCUT2D eigenvalue weighted by Gasteiger charge is -2.09. The van der Waals surface area contributed by atoms with Crippen LogP contribution in [0.2, 0.25) is 0 Å². The molecule has 2 rings (SSSR count). The van der Waals surface area contributed by atoms with Gasteiger partial charge in [0, 0.05) is 31.3 Å². The van der Waals surface area contributed by atoms with E-state index in [9.17, 15) is 9.59 Å². The van der Waals surface area contributed by atoms with Gasteiger partial charge in [0.05, 0.1) is 16.1 Å². The SMILES string of the molecule is COc1c(Br)cc(Cc2cc(=O)ccn(C)c2=O)cc1Br. The number of aromatic nitrogens is 1. The van der Waals surface area contributed by atoms with Gasteiger partial charge in [-0.15, -0.1) is 0 Å². The van der Waals surface area contributed by atoms with Crippen LogP contribution in [0.4, 0.5) is 0 Å². The summed E-state index contributed by atoms with van der Waals surface area (Å²) in [5.74, 6) is 0.690. The minimum Gasteiger partial charge on any atom is -0.494 e. The normalized spacial score (nSPS) is 10.5. The van der Waals surface area contributed by atoms with Gasteiger partial charge in [-0.25, -0.2) is 0 Å². The fourth-order valence-corrected chi connectivity index (χ4v) is 3.62. The Morgan fingerprint density at radius 3 is 2.33 bits per heavy atom. The van der Waals surface area contributed by atoms with Crippen molar-refractivity contribution < 1.29 is 4.74 Å². The number of hydrogen-bond acceptors (Lipinski definition) is 3. The summed E-state index contributed by atoms with van der Waals surface area (Å²) in [6, 6.07) is 6.51. The summed E-state index contributed by atoms with van der Waals surface area (Å²) in [6.45, 7) is 0. The van der Waals surface area contributed by atoms with Gasteiger partial charge in [-0.1, -0.05) is 0 Å². The molecule has 1 aromatic carbocycles. The minimum atomic E-state index is -0.186. The van der Waals surface area contributed by atoms with Crippen molar-refractivity contribution in [3.63, 3.8) is 0 Å². The van der Waals surface area contributed by atoms with Gasteiger partial charge in [-0.3, -0.25) is 9.59 Å². The van der Waals surface area contributed by atoms with Gasteiger partial charge in [-0.05, 0) is 55.6 Å². The number of rotatable bonds is 3. The fraction of sp³-hybridized carbons (Fsp3) is 0.200. The number of aryl methyl sites for hydroxylation is 1. The number of nitrogens with zero attached hydrogens (tertiary/aromatic N) is 1. The van der Waals surface area contributed by atoms with Gasteiger partial charge in [0.2, 0.25) is 0 Å². The topological polar surface area (TPSA) is 48.3 Å². The second-order valence-corrected chi connectivity index (χ2v) is 6.28.